The molecule has 0 bridgehead atoms. The molecule has 1 aliphatic rings. The molecule has 0 atom stereocenters. The lowest BCUT2D eigenvalue weighted by atomic mass is 10.1. The second kappa shape index (κ2) is 11.7. The number of rotatable bonds is 9. The fourth-order valence-electron chi connectivity index (χ4n) is 3.41. The fourth-order valence-corrected chi connectivity index (χ4v) is 5.73. The first kappa shape index (κ1) is 26.5. The maximum Gasteiger partial charge on any atom is 0.284 e. The van der Waals surface area contributed by atoms with Crippen molar-refractivity contribution in [2.75, 3.05) is 13.7 Å². The van der Waals surface area contributed by atoms with Crippen molar-refractivity contribution < 1.29 is 22.7 Å². The summed E-state index contributed by atoms with van der Waals surface area (Å²) in [6.07, 6.45) is 3.17. The van der Waals surface area contributed by atoms with E-state index in [2.05, 4.69) is 11.0 Å². The number of sulfonamides is 1. The molecule has 1 heterocycles. The predicted octanol–water partition coefficient (Wildman–Crippen LogP) is 5.77. The molecule has 0 N–H and O–H groups in total. The number of amidine groups is 1. The summed E-state index contributed by atoms with van der Waals surface area (Å²) in [4.78, 5) is 14.7. The summed E-state index contributed by atoms with van der Waals surface area (Å²) in [7, 11) is -2.51. The van der Waals surface area contributed by atoms with Gasteiger partial charge >= 0.3 is 0 Å². The number of thioether (sulfide) groups is 1. The zero-order valence-corrected chi connectivity index (χ0v) is 22.2. The molecule has 0 aliphatic carbocycles. The first-order valence-corrected chi connectivity index (χ1v) is 13.7. The summed E-state index contributed by atoms with van der Waals surface area (Å²) in [6, 6.07) is 20.7. The van der Waals surface area contributed by atoms with Crippen molar-refractivity contribution in [3.8, 4) is 11.5 Å². The summed E-state index contributed by atoms with van der Waals surface area (Å²) >= 11 is 6.84. The molecule has 1 saturated heterocycles. The van der Waals surface area contributed by atoms with Crippen LogP contribution in [0.2, 0.25) is 5.02 Å². The highest BCUT2D eigenvalue weighted by atomic mass is 35.5. The number of hydrogen-bond acceptors (Lipinski definition) is 6. The predicted molar refractivity (Wildman–Crippen MR) is 147 cm³/mol. The maximum atomic E-state index is 13.1. The molecular formula is C27H23ClN2O5S2. The third-order valence-corrected chi connectivity index (χ3v) is 7.89. The molecule has 37 heavy (non-hydrogen) atoms. The molecular weight excluding hydrogens is 532 g/mol. The summed E-state index contributed by atoms with van der Waals surface area (Å²) in [5.74, 6) is 0.684. The van der Waals surface area contributed by atoms with Gasteiger partial charge in [0, 0.05) is 11.6 Å². The van der Waals surface area contributed by atoms with Crippen LogP contribution in [0.1, 0.15) is 11.1 Å². The highest BCUT2D eigenvalue weighted by molar-refractivity contribution is 8.19. The Morgan fingerprint density at radius 1 is 1.05 bits per heavy atom. The van der Waals surface area contributed by atoms with Gasteiger partial charge in [-0.05, 0) is 65.4 Å². The lowest BCUT2D eigenvalue weighted by molar-refractivity contribution is -0.121. The largest absolute Gasteiger partial charge is 0.493 e. The number of halogens is 1. The van der Waals surface area contributed by atoms with Gasteiger partial charge in [0.25, 0.3) is 15.9 Å². The van der Waals surface area contributed by atoms with Crippen molar-refractivity contribution in [2.45, 2.75) is 11.5 Å². The number of carbonyl (C=O) groups is 1. The molecule has 3 aromatic carbocycles. The number of ether oxygens (including phenoxy) is 2. The van der Waals surface area contributed by atoms with Crippen molar-refractivity contribution in [1.82, 2.24) is 4.90 Å². The Labute approximate surface area is 225 Å². The number of nitrogens with zero attached hydrogens (tertiary/aromatic N) is 2. The number of benzene rings is 3. The van der Waals surface area contributed by atoms with Crippen LogP contribution in [-0.4, -0.2) is 38.0 Å². The van der Waals surface area contributed by atoms with Gasteiger partial charge in [-0.15, -0.1) is 11.0 Å². The van der Waals surface area contributed by atoms with Crippen LogP contribution in [0.5, 0.6) is 11.5 Å². The molecule has 0 radical (unpaired) electrons. The molecule has 0 unspecified atom stereocenters. The van der Waals surface area contributed by atoms with Gasteiger partial charge in [0.1, 0.15) is 6.61 Å². The molecule has 0 saturated carbocycles. The lowest BCUT2D eigenvalue weighted by Gasteiger charge is -2.12. The van der Waals surface area contributed by atoms with Crippen LogP contribution in [0.3, 0.4) is 0 Å². The number of carbonyl (C=O) groups excluding carboxylic acids is 1. The lowest BCUT2D eigenvalue weighted by Crippen LogP contribution is -2.29. The van der Waals surface area contributed by atoms with Crippen LogP contribution >= 0.6 is 23.4 Å². The van der Waals surface area contributed by atoms with Crippen LogP contribution in [0.15, 0.2) is 99.6 Å². The highest BCUT2D eigenvalue weighted by Crippen LogP contribution is 2.36. The molecule has 1 fully saturated rings. The monoisotopic (exact) mass is 554 g/mol. The van der Waals surface area contributed by atoms with E-state index in [1.807, 2.05) is 30.3 Å². The zero-order valence-electron chi connectivity index (χ0n) is 19.8. The molecule has 3 aromatic rings. The van der Waals surface area contributed by atoms with Crippen molar-refractivity contribution in [3.05, 3.63) is 107 Å². The number of methoxy groups -OCH3 is 1. The Morgan fingerprint density at radius 2 is 1.78 bits per heavy atom. The van der Waals surface area contributed by atoms with Gasteiger partial charge in [0.15, 0.2) is 16.7 Å². The van der Waals surface area contributed by atoms with Crippen LogP contribution < -0.4 is 9.47 Å². The van der Waals surface area contributed by atoms with Gasteiger partial charge < -0.3 is 9.47 Å². The van der Waals surface area contributed by atoms with Crippen LogP contribution in [0.4, 0.5) is 0 Å². The van der Waals surface area contributed by atoms with E-state index in [-0.39, 0.29) is 22.5 Å². The van der Waals surface area contributed by atoms with E-state index in [1.165, 1.54) is 35.2 Å². The van der Waals surface area contributed by atoms with E-state index in [1.54, 1.807) is 31.4 Å². The molecule has 0 spiro atoms. The third-order valence-electron chi connectivity index (χ3n) is 5.23. The van der Waals surface area contributed by atoms with Gasteiger partial charge in [0.2, 0.25) is 0 Å². The van der Waals surface area contributed by atoms with E-state index < -0.39 is 10.0 Å². The first-order valence-electron chi connectivity index (χ1n) is 11.1. The number of amides is 1. The Balaban J connectivity index is 1.63. The SMILES string of the molecule is C=CCN1C(=O)C(=Cc2ccc(OC)c(OCc3ccccc3)c2)SC1=NS(=O)(=O)c1ccc(Cl)cc1. The van der Waals surface area contributed by atoms with E-state index in [9.17, 15) is 13.2 Å². The van der Waals surface area contributed by atoms with Gasteiger partial charge in [-0.3, -0.25) is 9.69 Å². The Hall–Kier alpha value is -3.53. The molecule has 1 amide bonds. The summed E-state index contributed by atoms with van der Waals surface area (Å²) in [6.45, 7) is 4.12. The van der Waals surface area contributed by atoms with E-state index in [0.29, 0.717) is 33.6 Å². The Kier molecular flexibility index (Phi) is 8.38. The van der Waals surface area contributed by atoms with Crippen molar-refractivity contribution in [2.24, 2.45) is 4.40 Å². The topological polar surface area (TPSA) is 85.3 Å². The smallest absolute Gasteiger partial charge is 0.284 e. The minimum absolute atomic E-state index is 0.0243. The quantitative estimate of drug-likeness (QED) is 0.246. The zero-order chi connectivity index (χ0) is 26.4. The summed E-state index contributed by atoms with van der Waals surface area (Å²) < 4.78 is 41.1. The van der Waals surface area contributed by atoms with E-state index in [0.717, 1.165) is 17.3 Å². The minimum Gasteiger partial charge on any atom is -0.493 e. The molecule has 190 valence electrons. The second-order valence-electron chi connectivity index (χ2n) is 7.80. The van der Waals surface area contributed by atoms with Gasteiger partial charge in [0.05, 0.1) is 16.9 Å². The average molecular weight is 555 g/mol. The number of hydrogen-bond donors (Lipinski definition) is 0. The normalized spacial score (nSPS) is 15.8. The minimum atomic E-state index is -4.06. The Morgan fingerprint density at radius 3 is 2.46 bits per heavy atom. The Bertz CT molecular complexity index is 1470. The molecule has 4 rings (SSSR count). The van der Waals surface area contributed by atoms with E-state index >= 15 is 0 Å². The highest BCUT2D eigenvalue weighted by Gasteiger charge is 2.34. The van der Waals surface area contributed by atoms with Crippen molar-refractivity contribution in [1.29, 1.82) is 0 Å². The summed E-state index contributed by atoms with van der Waals surface area (Å²) in [5.41, 5.74) is 1.68. The third kappa shape index (κ3) is 6.43. The fraction of sp³-hybridized carbons (Fsp3) is 0.111. The molecule has 0 aromatic heterocycles. The standard InChI is InChI=1S/C27H23ClN2O5S2/c1-3-15-30-26(31)25(36-27(30)29-37(32,33)22-12-10-21(28)11-13-22)17-20-9-14-23(34-2)24(16-20)35-18-19-7-5-4-6-8-19/h3-14,16-17H,1,15,18H2,2H3. The second-order valence-corrected chi connectivity index (χ2v) is 10.9. The molecule has 1 aliphatic heterocycles. The maximum absolute atomic E-state index is 13.1. The van der Waals surface area contributed by atoms with Gasteiger partial charge in [-0.1, -0.05) is 54.1 Å². The van der Waals surface area contributed by atoms with E-state index in [4.69, 9.17) is 21.1 Å². The van der Waals surface area contributed by atoms with Crippen LogP contribution in [-0.2, 0) is 21.4 Å². The first-order chi connectivity index (χ1) is 17.8. The molecule has 7 nitrogen and oxygen atoms in total. The van der Waals surface area contributed by atoms with Gasteiger partial charge in [-0.25, -0.2) is 0 Å². The van der Waals surface area contributed by atoms with Crippen molar-refractivity contribution >= 4 is 50.5 Å². The summed E-state index contributed by atoms with van der Waals surface area (Å²) in [5, 5.41) is 0.447. The van der Waals surface area contributed by atoms with Gasteiger partial charge in [-0.2, -0.15) is 8.42 Å². The molecule has 10 heteroatoms. The van der Waals surface area contributed by atoms with Crippen LogP contribution in [0, 0.1) is 0 Å². The van der Waals surface area contributed by atoms with Crippen molar-refractivity contribution in [3.63, 3.8) is 0 Å². The average Bonchev–Trinajstić information content (AvgIpc) is 3.17. The van der Waals surface area contributed by atoms with Crippen LogP contribution in [0.25, 0.3) is 6.08 Å².